The molecule has 0 aromatic carbocycles. The second-order valence-corrected chi connectivity index (χ2v) is 1.77. The molecule has 1 N–H and O–H groups in total. The highest BCUT2D eigenvalue weighted by Crippen LogP contribution is 1.98. The Labute approximate surface area is 43.2 Å². The molecule has 0 aliphatic heterocycles. The van der Waals surface area contributed by atoms with E-state index in [0.717, 1.165) is 0 Å². The van der Waals surface area contributed by atoms with E-state index in [9.17, 15) is 4.39 Å². The van der Waals surface area contributed by atoms with Gasteiger partial charge in [0.1, 0.15) is 0 Å². The Bertz CT molecular complexity index is 39.1. The van der Waals surface area contributed by atoms with Gasteiger partial charge in [-0.1, -0.05) is 6.92 Å². The van der Waals surface area contributed by atoms with Crippen LogP contribution in [0.5, 0.6) is 0 Å². The largest absolute Gasteiger partial charge is 0.396 e. The van der Waals surface area contributed by atoms with Crippen molar-refractivity contribution in [3.63, 3.8) is 0 Å². The van der Waals surface area contributed by atoms with Crippen LogP contribution in [0.3, 0.4) is 0 Å². The molecule has 0 spiro atoms. The van der Waals surface area contributed by atoms with Gasteiger partial charge in [-0.05, 0) is 12.3 Å². The second kappa shape index (κ2) is 4.06. The molecule has 1 nitrogen and oxygen atoms in total. The minimum Gasteiger partial charge on any atom is -0.396 e. The summed E-state index contributed by atoms with van der Waals surface area (Å²) in [6, 6.07) is 0. The average molecular weight is 106 g/mol. The van der Waals surface area contributed by atoms with Crippen LogP contribution in [0.1, 0.15) is 13.3 Å². The number of halogens is 1. The van der Waals surface area contributed by atoms with Crippen LogP contribution in [-0.2, 0) is 0 Å². The van der Waals surface area contributed by atoms with E-state index in [4.69, 9.17) is 5.11 Å². The van der Waals surface area contributed by atoms with E-state index in [-0.39, 0.29) is 19.2 Å². The van der Waals surface area contributed by atoms with E-state index in [2.05, 4.69) is 0 Å². The van der Waals surface area contributed by atoms with Crippen molar-refractivity contribution in [1.82, 2.24) is 0 Å². The standard InChI is InChI=1S/C5H11FO/c1-5(4-6)2-3-7/h5,7H,2-4H2,1H3/t5-/m1/s1. The highest BCUT2D eigenvalue weighted by molar-refractivity contribution is 4.46. The third kappa shape index (κ3) is 3.73. The summed E-state index contributed by atoms with van der Waals surface area (Å²) in [5.41, 5.74) is 0. The molecule has 1 atom stereocenters. The maximum Gasteiger partial charge on any atom is 0.0920 e. The Morgan fingerprint density at radius 3 is 2.43 bits per heavy atom. The van der Waals surface area contributed by atoms with E-state index in [1.54, 1.807) is 6.92 Å². The van der Waals surface area contributed by atoms with E-state index in [1.807, 2.05) is 0 Å². The lowest BCUT2D eigenvalue weighted by molar-refractivity contribution is 0.244. The molecule has 0 saturated heterocycles. The van der Waals surface area contributed by atoms with Crippen molar-refractivity contribution in [2.24, 2.45) is 5.92 Å². The summed E-state index contributed by atoms with van der Waals surface area (Å²) in [4.78, 5) is 0. The van der Waals surface area contributed by atoms with Gasteiger partial charge in [0.15, 0.2) is 0 Å². The van der Waals surface area contributed by atoms with Crippen LogP contribution in [0.4, 0.5) is 4.39 Å². The van der Waals surface area contributed by atoms with Crippen molar-refractivity contribution in [2.45, 2.75) is 13.3 Å². The van der Waals surface area contributed by atoms with Crippen LogP contribution in [0.25, 0.3) is 0 Å². The summed E-state index contributed by atoms with van der Waals surface area (Å²) in [6.45, 7) is 1.56. The highest BCUT2D eigenvalue weighted by atomic mass is 19.1. The third-order valence-corrected chi connectivity index (χ3v) is 0.885. The maximum atomic E-state index is 11.5. The summed E-state index contributed by atoms with van der Waals surface area (Å²) in [5, 5.41) is 8.20. The van der Waals surface area contributed by atoms with Crippen LogP contribution in [0, 0.1) is 5.92 Å². The molecule has 0 unspecified atom stereocenters. The lowest BCUT2D eigenvalue weighted by Gasteiger charge is -1.99. The quantitative estimate of drug-likeness (QED) is 0.568. The molecule has 0 fully saturated rings. The Morgan fingerprint density at radius 2 is 2.29 bits per heavy atom. The van der Waals surface area contributed by atoms with E-state index < -0.39 is 0 Å². The summed E-state index contributed by atoms with van der Waals surface area (Å²) < 4.78 is 11.5. The average Bonchev–Trinajstić information content (AvgIpc) is 1.68. The van der Waals surface area contributed by atoms with Crippen molar-refractivity contribution >= 4 is 0 Å². The molecule has 2 heteroatoms. The van der Waals surface area contributed by atoms with Gasteiger partial charge >= 0.3 is 0 Å². The molecule has 0 saturated carbocycles. The molecule has 44 valence electrons. The van der Waals surface area contributed by atoms with Gasteiger partial charge in [-0.15, -0.1) is 0 Å². The first kappa shape index (κ1) is 6.89. The fourth-order valence-corrected chi connectivity index (χ4v) is 0.298. The monoisotopic (exact) mass is 106 g/mol. The summed E-state index contributed by atoms with van der Waals surface area (Å²) in [7, 11) is 0. The maximum absolute atomic E-state index is 11.5. The molecule has 0 heterocycles. The van der Waals surface area contributed by atoms with E-state index in [0.29, 0.717) is 6.42 Å². The number of hydrogen-bond acceptors (Lipinski definition) is 1. The van der Waals surface area contributed by atoms with Crippen LogP contribution in [0.15, 0.2) is 0 Å². The normalized spacial score (nSPS) is 14.1. The molecule has 0 aromatic heterocycles. The lowest BCUT2D eigenvalue weighted by Crippen LogP contribution is -1.98. The van der Waals surface area contributed by atoms with Crippen molar-refractivity contribution in [1.29, 1.82) is 0 Å². The Hall–Kier alpha value is -0.110. The molecule has 0 aliphatic rings. The molecular weight excluding hydrogens is 95.1 g/mol. The molecular formula is C5H11FO. The molecule has 0 aliphatic carbocycles. The van der Waals surface area contributed by atoms with Crippen molar-refractivity contribution in [3.8, 4) is 0 Å². The minimum atomic E-state index is -0.319. The van der Waals surface area contributed by atoms with Crippen molar-refractivity contribution in [2.75, 3.05) is 13.3 Å². The van der Waals surface area contributed by atoms with Crippen LogP contribution < -0.4 is 0 Å². The second-order valence-electron chi connectivity index (χ2n) is 1.77. The summed E-state index contributed by atoms with van der Waals surface area (Å²) >= 11 is 0. The van der Waals surface area contributed by atoms with Gasteiger partial charge in [0, 0.05) is 6.61 Å². The molecule has 7 heavy (non-hydrogen) atoms. The predicted octanol–water partition coefficient (Wildman–Crippen LogP) is 0.974. The molecule has 0 rings (SSSR count). The highest BCUT2D eigenvalue weighted by Gasteiger charge is 1.96. The number of aliphatic hydroxyl groups is 1. The zero-order valence-corrected chi connectivity index (χ0v) is 4.52. The topological polar surface area (TPSA) is 20.2 Å². The number of hydrogen-bond donors (Lipinski definition) is 1. The Balaban J connectivity index is 2.83. The van der Waals surface area contributed by atoms with E-state index >= 15 is 0 Å². The predicted molar refractivity (Wildman–Crippen MR) is 26.8 cm³/mol. The van der Waals surface area contributed by atoms with Crippen LogP contribution in [-0.4, -0.2) is 18.4 Å². The van der Waals surface area contributed by atoms with Crippen molar-refractivity contribution in [3.05, 3.63) is 0 Å². The molecule has 0 amide bonds. The zero-order valence-electron chi connectivity index (χ0n) is 4.52. The first-order chi connectivity index (χ1) is 3.31. The van der Waals surface area contributed by atoms with Gasteiger partial charge < -0.3 is 5.11 Å². The van der Waals surface area contributed by atoms with E-state index in [1.165, 1.54) is 0 Å². The summed E-state index contributed by atoms with van der Waals surface area (Å²) in [6.07, 6.45) is 0.580. The SMILES string of the molecule is C[C@@H](CF)CCO. The third-order valence-electron chi connectivity index (χ3n) is 0.885. The fourth-order valence-electron chi connectivity index (χ4n) is 0.298. The van der Waals surface area contributed by atoms with Gasteiger partial charge in [-0.25, -0.2) is 0 Å². The number of rotatable bonds is 3. The van der Waals surface area contributed by atoms with Gasteiger partial charge in [-0.3, -0.25) is 4.39 Å². The Kier molecular flexibility index (Phi) is 4.00. The molecule has 0 radical (unpaired) electrons. The Morgan fingerprint density at radius 1 is 1.71 bits per heavy atom. The first-order valence-corrected chi connectivity index (χ1v) is 2.48. The molecule has 0 aromatic rings. The van der Waals surface area contributed by atoms with Gasteiger partial charge in [0.2, 0.25) is 0 Å². The van der Waals surface area contributed by atoms with Gasteiger partial charge in [0.25, 0.3) is 0 Å². The first-order valence-electron chi connectivity index (χ1n) is 2.48. The molecule has 0 bridgehead atoms. The number of alkyl halides is 1. The smallest absolute Gasteiger partial charge is 0.0920 e. The lowest BCUT2D eigenvalue weighted by atomic mass is 10.1. The summed E-state index contributed by atoms with van der Waals surface area (Å²) in [5.74, 6) is 0.0324. The number of aliphatic hydroxyl groups excluding tert-OH is 1. The zero-order chi connectivity index (χ0) is 5.70. The van der Waals surface area contributed by atoms with Crippen molar-refractivity contribution < 1.29 is 9.50 Å². The van der Waals surface area contributed by atoms with Crippen LogP contribution in [0.2, 0.25) is 0 Å². The van der Waals surface area contributed by atoms with Gasteiger partial charge in [-0.2, -0.15) is 0 Å². The fraction of sp³-hybridized carbons (Fsp3) is 1.00. The van der Waals surface area contributed by atoms with Crippen LogP contribution >= 0.6 is 0 Å². The van der Waals surface area contributed by atoms with Gasteiger partial charge in [0.05, 0.1) is 6.67 Å². The minimum absolute atomic E-state index is 0.0324.